The van der Waals surface area contributed by atoms with Crippen molar-refractivity contribution in [2.45, 2.75) is 34.1 Å². The fourth-order valence-corrected chi connectivity index (χ4v) is 1.56. The lowest BCUT2D eigenvalue weighted by molar-refractivity contribution is -0.167. The molecule has 0 fully saturated rings. The van der Waals surface area contributed by atoms with Crippen molar-refractivity contribution in [1.82, 2.24) is 0 Å². The van der Waals surface area contributed by atoms with E-state index >= 15 is 0 Å². The highest BCUT2D eigenvalue weighted by molar-refractivity contribution is 6.02. The van der Waals surface area contributed by atoms with Crippen molar-refractivity contribution in [2.75, 3.05) is 13.2 Å². The second-order valence-corrected chi connectivity index (χ2v) is 4.51. The second-order valence-electron chi connectivity index (χ2n) is 4.51. The van der Waals surface area contributed by atoms with Crippen molar-refractivity contribution in [2.24, 2.45) is 11.3 Å². The van der Waals surface area contributed by atoms with Gasteiger partial charge in [-0.25, -0.2) is 0 Å². The van der Waals surface area contributed by atoms with Gasteiger partial charge in [0.25, 0.3) is 0 Å². The zero-order valence-corrected chi connectivity index (χ0v) is 12.3. The van der Waals surface area contributed by atoms with E-state index < -0.39 is 17.4 Å². The predicted octanol–water partition coefficient (Wildman–Crippen LogP) is 2.89. The van der Waals surface area contributed by atoms with Gasteiger partial charge in [-0.2, -0.15) is 0 Å². The Labute approximate surface area is 115 Å². The Morgan fingerprint density at radius 2 is 1.63 bits per heavy atom. The van der Waals surface area contributed by atoms with E-state index in [0.29, 0.717) is 0 Å². The summed E-state index contributed by atoms with van der Waals surface area (Å²) in [6.45, 7) is 11.4. The van der Waals surface area contributed by atoms with Crippen molar-refractivity contribution in [3.8, 4) is 0 Å². The van der Waals surface area contributed by atoms with Crippen LogP contribution in [0.2, 0.25) is 0 Å². The Kier molecular flexibility index (Phi) is 7.80. The lowest BCUT2D eigenvalue weighted by Gasteiger charge is -2.25. The fourth-order valence-electron chi connectivity index (χ4n) is 1.56. The number of carbonyl (C=O) groups is 2. The third-order valence-corrected chi connectivity index (χ3v) is 2.51. The summed E-state index contributed by atoms with van der Waals surface area (Å²) in [5, 5.41) is 0. The van der Waals surface area contributed by atoms with Crippen LogP contribution in [0.25, 0.3) is 0 Å². The molecule has 0 atom stereocenters. The van der Waals surface area contributed by atoms with Crippen LogP contribution in [0.1, 0.15) is 34.1 Å². The third-order valence-electron chi connectivity index (χ3n) is 2.51. The third kappa shape index (κ3) is 4.89. The number of rotatable bonds is 8. The molecule has 4 heteroatoms. The molecule has 0 rings (SSSR count). The Balaban J connectivity index is 5.51. The van der Waals surface area contributed by atoms with Crippen LogP contribution in [0.5, 0.6) is 0 Å². The minimum atomic E-state index is -1.42. The summed E-state index contributed by atoms with van der Waals surface area (Å²) in [5.74, 6) is -0.969. The molecule has 0 N–H and O–H groups in total. The predicted molar refractivity (Wildman–Crippen MR) is 74.5 cm³/mol. The molecule has 108 valence electrons. The van der Waals surface area contributed by atoms with E-state index in [1.54, 1.807) is 26.0 Å². The van der Waals surface area contributed by atoms with E-state index in [9.17, 15) is 9.59 Å². The molecule has 0 unspecified atom stereocenters. The molecule has 0 aliphatic heterocycles. The van der Waals surface area contributed by atoms with Gasteiger partial charge in [0.1, 0.15) is 0 Å². The molecule has 0 saturated heterocycles. The van der Waals surface area contributed by atoms with Crippen molar-refractivity contribution in [3.63, 3.8) is 0 Å². The summed E-state index contributed by atoms with van der Waals surface area (Å²) < 4.78 is 10.0. The lowest BCUT2D eigenvalue weighted by atomic mass is 9.83. The number of hydrogen-bond donors (Lipinski definition) is 0. The first-order chi connectivity index (χ1) is 8.94. The first-order valence-corrected chi connectivity index (χ1v) is 6.59. The summed E-state index contributed by atoms with van der Waals surface area (Å²) in [5.41, 5.74) is -1.42. The molecule has 0 radical (unpaired) electrons. The number of carbonyl (C=O) groups excluding carboxylic acids is 2. The summed E-state index contributed by atoms with van der Waals surface area (Å²) in [7, 11) is 0. The SMILES string of the molecule is C=CCC(/C=C\C(C)C)(C(=O)OCC)C(=O)OCC. The van der Waals surface area contributed by atoms with Gasteiger partial charge in [-0.05, 0) is 26.2 Å². The van der Waals surface area contributed by atoms with E-state index in [0.717, 1.165) is 0 Å². The Morgan fingerprint density at radius 1 is 1.16 bits per heavy atom. The van der Waals surface area contributed by atoms with E-state index in [4.69, 9.17) is 9.47 Å². The molecule has 0 spiro atoms. The number of ether oxygens (including phenoxy) is 2. The van der Waals surface area contributed by atoms with Gasteiger partial charge in [0.2, 0.25) is 0 Å². The lowest BCUT2D eigenvalue weighted by Crippen LogP contribution is -2.40. The minimum Gasteiger partial charge on any atom is -0.465 e. The monoisotopic (exact) mass is 268 g/mol. The normalized spacial score (nSPS) is 11.6. The Morgan fingerprint density at radius 3 is 1.95 bits per heavy atom. The minimum absolute atomic E-state index is 0.161. The number of hydrogen-bond acceptors (Lipinski definition) is 4. The van der Waals surface area contributed by atoms with Gasteiger partial charge in [-0.3, -0.25) is 9.59 Å². The van der Waals surface area contributed by atoms with Crippen LogP contribution in [0.15, 0.2) is 24.8 Å². The van der Waals surface area contributed by atoms with E-state index in [-0.39, 0.29) is 25.6 Å². The van der Waals surface area contributed by atoms with Gasteiger partial charge in [0, 0.05) is 0 Å². The van der Waals surface area contributed by atoms with Gasteiger partial charge in [-0.15, -0.1) is 6.58 Å². The standard InChI is InChI=1S/C15H24O4/c1-6-10-15(11-9-12(4)5,13(16)18-7-2)14(17)19-8-3/h6,9,11-12H,1,7-8,10H2,2-5H3/b11-9-. The molecule has 0 aromatic carbocycles. The van der Waals surface area contributed by atoms with Crippen LogP contribution in [-0.2, 0) is 19.1 Å². The van der Waals surface area contributed by atoms with Crippen LogP contribution in [-0.4, -0.2) is 25.2 Å². The molecule has 0 aliphatic rings. The van der Waals surface area contributed by atoms with Crippen LogP contribution in [0.3, 0.4) is 0 Å². The van der Waals surface area contributed by atoms with Gasteiger partial charge >= 0.3 is 11.9 Å². The summed E-state index contributed by atoms with van der Waals surface area (Å²) >= 11 is 0. The highest BCUT2D eigenvalue weighted by Gasteiger charge is 2.45. The van der Waals surface area contributed by atoms with Crippen LogP contribution in [0, 0.1) is 11.3 Å². The largest absolute Gasteiger partial charge is 0.465 e. The zero-order chi connectivity index (χ0) is 14.9. The van der Waals surface area contributed by atoms with E-state index in [1.165, 1.54) is 6.08 Å². The molecular formula is C15H24O4. The molecule has 19 heavy (non-hydrogen) atoms. The summed E-state index contributed by atoms with van der Waals surface area (Å²) in [4.78, 5) is 24.3. The Hall–Kier alpha value is -1.58. The average molecular weight is 268 g/mol. The van der Waals surface area contributed by atoms with E-state index in [2.05, 4.69) is 6.58 Å². The quantitative estimate of drug-likeness (QED) is 0.386. The van der Waals surface area contributed by atoms with Gasteiger partial charge < -0.3 is 9.47 Å². The fraction of sp³-hybridized carbons (Fsp3) is 0.600. The second kappa shape index (κ2) is 8.51. The maximum absolute atomic E-state index is 12.2. The number of esters is 2. The van der Waals surface area contributed by atoms with Crippen molar-refractivity contribution in [1.29, 1.82) is 0 Å². The molecule has 0 amide bonds. The van der Waals surface area contributed by atoms with E-state index in [1.807, 2.05) is 13.8 Å². The van der Waals surface area contributed by atoms with Gasteiger partial charge in [-0.1, -0.05) is 32.1 Å². The smallest absolute Gasteiger partial charge is 0.327 e. The number of allylic oxidation sites excluding steroid dienone is 2. The van der Waals surface area contributed by atoms with Crippen LogP contribution < -0.4 is 0 Å². The summed E-state index contributed by atoms with van der Waals surface area (Å²) in [6.07, 6.45) is 5.07. The molecular weight excluding hydrogens is 244 g/mol. The maximum atomic E-state index is 12.2. The molecule has 4 nitrogen and oxygen atoms in total. The molecule has 0 bridgehead atoms. The van der Waals surface area contributed by atoms with Crippen molar-refractivity contribution >= 4 is 11.9 Å². The first-order valence-electron chi connectivity index (χ1n) is 6.59. The zero-order valence-electron chi connectivity index (χ0n) is 12.3. The highest BCUT2D eigenvalue weighted by Crippen LogP contribution is 2.29. The summed E-state index contributed by atoms with van der Waals surface area (Å²) in [6, 6.07) is 0. The average Bonchev–Trinajstić information content (AvgIpc) is 2.34. The molecule has 0 aromatic rings. The first kappa shape index (κ1) is 17.4. The molecule has 0 saturated carbocycles. The van der Waals surface area contributed by atoms with Gasteiger partial charge in [0.05, 0.1) is 13.2 Å². The molecule has 0 heterocycles. The van der Waals surface area contributed by atoms with Crippen LogP contribution in [0.4, 0.5) is 0 Å². The van der Waals surface area contributed by atoms with Gasteiger partial charge in [0.15, 0.2) is 5.41 Å². The van der Waals surface area contributed by atoms with Crippen LogP contribution >= 0.6 is 0 Å². The maximum Gasteiger partial charge on any atom is 0.327 e. The Bertz CT molecular complexity index is 324. The van der Waals surface area contributed by atoms with Crippen molar-refractivity contribution < 1.29 is 19.1 Å². The highest BCUT2D eigenvalue weighted by atomic mass is 16.6. The molecule has 0 aliphatic carbocycles. The van der Waals surface area contributed by atoms with Crippen molar-refractivity contribution in [3.05, 3.63) is 24.8 Å². The molecule has 0 aromatic heterocycles. The topological polar surface area (TPSA) is 52.6 Å².